The molecule has 2 atom stereocenters. The summed E-state index contributed by atoms with van der Waals surface area (Å²) in [6.45, 7) is 6.49. The Labute approximate surface area is 109 Å². The summed E-state index contributed by atoms with van der Waals surface area (Å²) >= 11 is 0. The SMILES string of the molecule is Cc1ccc(C(C)N[C@H](C)c2ccncc2)cc1. The number of nitrogens with one attached hydrogen (secondary N) is 1. The van der Waals surface area contributed by atoms with Crippen LogP contribution in [0.15, 0.2) is 48.8 Å². The van der Waals surface area contributed by atoms with Gasteiger partial charge in [-0.1, -0.05) is 29.8 Å². The van der Waals surface area contributed by atoms with Gasteiger partial charge in [-0.15, -0.1) is 0 Å². The highest BCUT2D eigenvalue weighted by atomic mass is 14.9. The lowest BCUT2D eigenvalue weighted by Crippen LogP contribution is -2.22. The number of rotatable bonds is 4. The summed E-state index contributed by atoms with van der Waals surface area (Å²) in [7, 11) is 0. The van der Waals surface area contributed by atoms with E-state index in [2.05, 4.69) is 67.5 Å². The first-order chi connectivity index (χ1) is 8.66. The average molecular weight is 240 g/mol. The molecule has 1 aromatic heterocycles. The van der Waals surface area contributed by atoms with Crippen LogP contribution in [0.2, 0.25) is 0 Å². The molecular weight excluding hydrogens is 220 g/mol. The van der Waals surface area contributed by atoms with Crippen LogP contribution in [0.1, 0.15) is 42.6 Å². The molecule has 2 heteroatoms. The smallest absolute Gasteiger partial charge is 0.0298 e. The molecule has 0 bridgehead atoms. The summed E-state index contributed by atoms with van der Waals surface area (Å²) in [5.74, 6) is 0. The van der Waals surface area contributed by atoms with Gasteiger partial charge in [0.2, 0.25) is 0 Å². The molecule has 0 amide bonds. The highest BCUT2D eigenvalue weighted by Gasteiger charge is 2.10. The summed E-state index contributed by atoms with van der Waals surface area (Å²) in [6, 6.07) is 13.5. The normalized spacial score (nSPS) is 14.2. The van der Waals surface area contributed by atoms with Crippen LogP contribution in [0, 0.1) is 6.92 Å². The van der Waals surface area contributed by atoms with Gasteiger partial charge in [-0.2, -0.15) is 0 Å². The molecule has 0 radical (unpaired) electrons. The standard InChI is InChI=1S/C16H20N2/c1-12-4-6-15(7-5-12)13(2)18-14(3)16-8-10-17-11-9-16/h4-11,13-14,18H,1-3H3/t13?,14-/m1/s1. The zero-order chi connectivity index (χ0) is 13.0. The van der Waals surface area contributed by atoms with Crippen LogP contribution >= 0.6 is 0 Å². The van der Waals surface area contributed by atoms with Crippen LogP contribution in [-0.2, 0) is 0 Å². The van der Waals surface area contributed by atoms with Crippen molar-refractivity contribution >= 4 is 0 Å². The highest BCUT2D eigenvalue weighted by molar-refractivity contribution is 5.24. The van der Waals surface area contributed by atoms with Gasteiger partial charge in [0.15, 0.2) is 0 Å². The van der Waals surface area contributed by atoms with Crippen LogP contribution in [0.25, 0.3) is 0 Å². The highest BCUT2D eigenvalue weighted by Crippen LogP contribution is 2.19. The molecule has 0 spiro atoms. The molecule has 2 rings (SSSR count). The Morgan fingerprint density at radius 3 is 1.89 bits per heavy atom. The van der Waals surface area contributed by atoms with Crippen LogP contribution in [0.4, 0.5) is 0 Å². The third-order valence-corrected chi connectivity index (χ3v) is 3.28. The summed E-state index contributed by atoms with van der Waals surface area (Å²) in [4.78, 5) is 4.05. The molecule has 0 aliphatic rings. The summed E-state index contributed by atoms with van der Waals surface area (Å²) in [5, 5.41) is 3.60. The summed E-state index contributed by atoms with van der Waals surface area (Å²) in [6.07, 6.45) is 3.67. The first-order valence-corrected chi connectivity index (χ1v) is 6.39. The van der Waals surface area contributed by atoms with Crippen molar-refractivity contribution in [2.24, 2.45) is 0 Å². The van der Waals surface area contributed by atoms with E-state index in [0.717, 1.165) is 0 Å². The number of hydrogen-bond donors (Lipinski definition) is 1. The van der Waals surface area contributed by atoms with E-state index in [1.54, 1.807) is 0 Å². The van der Waals surface area contributed by atoms with Crippen molar-refractivity contribution in [1.82, 2.24) is 10.3 Å². The van der Waals surface area contributed by atoms with Gasteiger partial charge in [-0.05, 0) is 44.0 Å². The Hall–Kier alpha value is -1.67. The molecular formula is C16H20N2. The molecule has 18 heavy (non-hydrogen) atoms. The van der Waals surface area contributed by atoms with Gasteiger partial charge < -0.3 is 5.32 Å². The second kappa shape index (κ2) is 5.78. The number of nitrogens with zero attached hydrogens (tertiary/aromatic N) is 1. The average Bonchev–Trinajstić information content (AvgIpc) is 2.40. The molecule has 1 aromatic carbocycles. The van der Waals surface area contributed by atoms with Crippen LogP contribution in [0.5, 0.6) is 0 Å². The van der Waals surface area contributed by atoms with Gasteiger partial charge in [-0.3, -0.25) is 4.98 Å². The molecule has 1 unspecified atom stereocenters. The summed E-state index contributed by atoms with van der Waals surface area (Å²) < 4.78 is 0. The minimum atomic E-state index is 0.323. The van der Waals surface area contributed by atoms with E-state index in [-0.39, 0.29) is 0 Å². The minimum Gasteiger partial charge on any atom is -0.304 e. The monoisotopic (exact) mass is 240 g/mol. The fraction of sp³-hybridized carbons (Fsp3) is 0.312. The van der Waals surface area contributed by atoms with Crippen molar-refractivity contribution in [2.45, 2.75) is 32.9 Å². The number of aromatic nitrogens is 1. The minimum absolute atomic E-state index is 0.323. The van der Waals surface area contributed by atoms with Crippen molar-refractivity contribution in [3.05, 3.63) is 65.5 Å². The number of pyridine rings is 1. The lowest BCUT2D eigenvalue weighted by atomic mass is 10.0. The Morgan fingerprint density at radius 1 is 0.833 bits per heavy atom. The third-order valence-electron chi connectivity index (χ3n) is 3.28. The Balaban J connectivity index is 2.03. The molecule has 0 saturated heterocycles. The molecule has 1 N–H and O–H groups in total. The molecule has 94 valence electrons. The maximum Gasteiger partial charge on any atom is 0.0298 e. The maximum atomic E-state index is 4.05. The molecule has 0 aliphatic heterocycles. The van der Waals surface area contributed by atoms with Crippen LogP contribution < -0.4 is 5.32 Å². The Kier molecular flexibility index (Phi) is 4.11. The van der Waals surface area contributed by atoms with Gasteiger partial charge in [0.1, 0.15) is 0 Å². The van der Waals surface area contributed by atoms with E-state index < -0.39 is 0 Å². The van der Waals surface area contributed by atoms with Crippen molar-refractivity contribution in [1.29, 1.82) is 0 Å². The Bertz CT molecular complexity index is 476. The molecule has 0 saturated carbocycles. The fourth-order valence-corrected chi connectivity index (χ4v) is 2.07. The second-order valence-corrected chi connectivity index (χ2v) is 4.80. The molecule has 0 fully saturated rings. The van der Waals surface area contributed by atoms with Gasteiger partial charge in [-0.25, -0.2) is 0 Å². The number of benzene rings is 1. The van der Waals surface area contributed by atoms with Gasteiger partial charge in [0.25, 0.3) is 0 Å². The lowest BCUT2D eigenvalue weighted by Gasteiger charge is -2.20. The predicted octanol–water partition coefficient (Wildman–Crippen LogP) is 3.80. The fourth-order valence-electron chi connectivity index (χ4n) is 2.07. The zero-order valence-corrected chi connectivity index (χ0v) is 11.2. The van der Waals surface area contributed by atoms with Gasteiger partial charge in [0.05, 0.1) is 0 Å². The number of aryl methyl sites for hydroxylation is 1. The lowest BCUT2D eigenvalue weighted by molar-refractivity contribution is 0.494. The van der Waals surface area contributed by atoms with E-state index in [1.165, 1.54) is 16.7 Å². The largest absolute Gasteiger partial charge is 0.304 e. The predicted molar refractivity (Wildman–Crippen MR) is 75.4 cm³/mol. The van der Waals surface area contributed by atoms with E-state index in [4.69, 9.17) is 0 Å². The van der Waals surface area contributed by atoms with Crippen molar-refractivity contribution in [3.63, 3.8) is 0 Å². The first-order valence-electron chi connectivity index (χ1n) is 6.39. The second-order valence-electron chi connectivity index (χ2n) is 4.80. The molecule has 2 nitrogen and oxygen atoms in total. The topological polar surface area (TPSA) is 24.9 Å². The van der Waals surface area contributed by atoms with E-state index >= 15 is 0 Å². The molecule has 2 aromatic rings. The summed E-state index contributed by atoms with van der Waals surface area (Å²) in [5.41, 5.74) is 3.89. The molecule has 1 heterocycles. The molecule has 0 aliphatic carbocycles. The van der Waals surface area contributed by atoms with Crippen LogP contribution in [0.3, 0.4) is 0 Å². The van der Waals surface area contributed by atoms with Crippen LogP contribution in [-0.4, -0.2) is 4.98 Å². The first kappa shape index (κ1) is 12.8. The van der Waals surface area contributed by atoms with Crippen molar-refractivity contribution in [2.75, 3.05) is 0 Å². The van der Waals surface area contributed by atoms with E-state index in [1.807, 2.05) is 12.4 Å². The van der Waals surface area contributed by atoms with Crippen molar-refractivity contribution < 1.29 is 0 Å². The van der Waals surface area contributed by atoms with Gasteiger partial charge >= 0.3 is 0 Å². The maximum absolute atomic E-state index is 4.05. The Morgan fingerprint density at radius 2 is 1.33 bits per heavy atom. The third kappa shape index (κ3) is 3.17. The number of hydrogen-bond acceptors (Lipinski definition) is 2. The van der Waals surface area contributed by atoms with Gasteiger partial charge in [0, 0.05) is 24.5 Å². The van der Waals surface area contributed by atoms with E-state index in [9.17, 15) is 0 Å². The quantitative estimate of drug-likeness (QED) is 0.879. The van der Waals surface area contributed by atoms with Crippen molar-refractivity contribution in [3.8, 4) is 0 Å². The van der Waals surface area contributed by atoms with E-state index in [0.29, 0.717) is 12.1 Å². The zero-order valence-electron chi connectivity index (χ0n) is 11.2.